The lowest BCUT2D eigenvalue weighted by Crippen LogP contribution is -2.15. The number of anilines is 1. The Bertz CT molecular complexity index is 580. The van der Waals surface area contributed by atoms with Crippen LogP contribution >= 0.6 is 0 Å². The van der Waals surface area contributed by atoms with Gasteiger partial charge in [-0.3, -0.25) is 0 Å². The Labute approximate surface area is 116 Å². The van der Waals surface area contributed by atoms with E-state index in [1.54, 1.807) is 0 Å². The van der Waals surface area contributed by atoms with Crippen molar-refractivity contribution in [3.8, 4) is 0 Å². The molecule has 0 bridgehead atoms. The predicted molar refractivity (Wildman–Crippen MR) is 84.0 cm³/mol. The SMILES string of the molecule is CCCc1ccc2nc(NC)c(C(C)(C)C)cc2c1. The minimum absolute atomic E-state index is 0.0975. The van der Waals surface area contributed by atoms with Crippen LogP contribution in [0.15, 0.2) is 24.3 Å². The summed E-state index contributed by atoms with van der Waals surface area (Å²) in [5.74, 6) is 0.989. The second-order valence-corrected chi connectivity index (χ2v) is 6.16. The summed E-state index contributed by atoms with van der Waals surface area (Å²) in [6, 6.07) is 8.89. The van der Waals surface area contributed by atoms with E-state index in [0.717, 1.165) is 17.8 Å². The quantitative estimate of drug-likeness (QED) is 0.873. The van der Waals surface area contributed by atoms with Crippen LogP contribution in [0.2, 0.25) is 0 Å². The number of aromatic nitrogens is 1. The van der Waals surface area contributed by atoms with Crippen LogP contribution in [0.5, 0.6) is 0 Å². The molecule has 1 aromatic carbocycles. The summed E-state index contributed by atoms with van der Waals surface area (Å²) in [7, 11) is 1.94. The largest absolute Gasteiger partial charge is 0.373 e. The van der Waals surface area contributed by atoms with Crippen molar-refractivity contribution in [2.75, 3.05) is 12.4 Å². The lowest BCUT2D eigenvalue weighted by molar-refractivity contribution is 0.591. The molecule has 1 aromatic heterocycles. The van der Waals surface area contributed by atoms with Gasteiger partial charge < -0.3 is 5.32 Å². The van der Waals surface area contributed by atoms with E-state index in [1.165, 1.54) is 22.9 Å². The lowest BCUT2D eigenvalue weighted by Gasteiger charge is -2.22. The van der Waals surface area contributed by atoms with Gasteiger partial charge in [-0.05, 0) is 35.6 Å². The summed E-state index contributed by atoms with van der Waals surface area (Å²) in [6.45, 7) is 8.90. The Kier molecular flexibility index (Phi) is 3.79. The molecule has 0 saturated heterocycles. The normalized spacial score (nSPS) is 11.8. The fraction of sp³-hybridized carbons (Fsp3) is 0.471. The molecule has 0 unspecified atom stereocenters. The number of benzene rings is 1. The van der Waals surface area contributed by atoms with Gasteiger partial charge in [-0.1, -0.05) is 40.2 Å². The first-order chi connectivity index (χ1) is 8.95. The highest BCUT2D eigenvalue weighted by molar-refractivity contribution is 5.83. The maximum atomic E-state index is 4.75. The van der Waals surface area contributed by atoms with E-state index >= 15 is 0 Å². The highest BCUT2D eigenvalue weighted by atomic mass is 15.0. The Morgan fingerprint density at radius 1 is 1.16 bits per heavy atom. The molecule has 2 nitrogen and oxygen atoms in total. The average molecular weight is 256 g/mol. The van der Waals surface area contributed by atoms with Crippen LogP contribution in [0.3, 0.4) is 0 Å². The van der Waals surface area contributed by atoms with Crippen molar-refractivity contribution in [3.05, 3.63) is 35.4 Å². The van der Waals surface area contributed by atoms with Crippen LogP contribution in [-0.2, 0) is 11.8 Å². The van der Waals surface area contributed by atoms with Crippen LogP contribution in [-0.4, -0.2) is 12.0 Å². The van der Waals surface area contributed by atoms with Gasteiger partial charge in [0, 0.05) is 18.0 Å². The van der Waals surface area contributed by atoms with Crippen molar-refractivity contribution >= 4 is 16.7 Å². The van der Waals surface area contributed by atoms with Crippen molar-refractivity contribution in [1.82, 2.24) is 4.98 Å². The van der Waals surface area contributed by atoms with Gasteiger partial charge in [0.2, 0.25) is 0 Å². The zero-order chi connectivity index (χ0) is 14.0. The summed E-state index contributed by atoms with van der Waals surface area (Å²) in [6.07, 6.45) is 2.31. The molecular weight excluding hydrogens is 232 g/mol. The number of fused-ring (bicyclic) bond motifs is 1. The first-order valence-corrected chi connectivity index (χ1v) is 7.07. The number of hydrogen-bond acceptors (Lipinski definition) is 2. The van der Waals surface area contributed by atoms with E-state index in [0.29, 0.717) is 0 Å². The second-order valence-electron chi connectivity index (χ2n) is 6.16. The van der Waals surface area contributed by atoms with Gasteiger partial charge in [0.15, 0.2) is 0 Å². The molecule has 0 radical (unpaired) electrons. The molecule has 0 aliphatic heterocycles. The third kappa shape index (κ3) is 2.89. The van der Waals surface area contributed by atoms with Gasteiger partial charge in [-0.15, -0.1) is 0 Å². The van der Waals surface area contributed by atoms with Crippen LogP contribution in [0.1, 0.15) is 45.2 Å². The smallest absolute Gasteiger partial charge is 0.130 e. The van der Waals surface area contributed by atoms with Gasteiger partial charge in [0.05, 0.1) is 5.52 Å². The second kappa shape index (κ2) is 5.20. The van der Waals surface area contributed by atoms with Gasteiger partial charge in [-0.2, -0.15) is 0 Å². The average Bonchev–Trinajstić information content (AvgIpc) is 2.36. The molecule has 0 spiro atoms. The fourth-order valence-corrected chi connectivity index (χ4v) is 2.43. The van der Waals surface area contributed by atoms with Crippen molar-refractivity contribution in [2.45, 2.75) is 46.0 Å². The van der Waals surface area contributed by atoms with E-state index in [1.807, 2.05) is 7.05 Å². The van der Waals surface area contributed by atoms with Crippen molar-refractivity contribution in [2.24, 2.45) is 0 Å². The maximum Gasteiger partial charge on any atom is 0.130 e. The molecule has 1 heterocycles. The standard InChI is InChI=1S/C17H24N2/c1-6-7-12-8-9-15-13(10-12)11-14(17(2,3)4)16(18-5)19-15/h8-11H,6-7H2,1-5H3,(H,18,19). The Morgan fingerprint density at radius 3 is 2.47 bits per heavy atom. The summed E-state index contributed by atoms with van der Waals surface area (Å²) in [5.41, 5.74) is 3.84. The fourth-order valence-electron chi connectivity index (χ4n) is 2.43. The number of aryl methyl sites for hydroxylation is 1. The number of nitrogens with zero attached hydrogens (tertiary/aromatic N) is 1. The lowest BCUT2D eigenvalue weighted by atomic mass is 9.86. The Balaban J connectivity index is 2.62. The minimum atomic E-state index is 0.0975. The van der Waals surface area contributed by atoms with E-state index in [4.69, 9.17) is 4.98 Å². The zero-order valence-corrected chi connectivity index (χ0v) is 12.7. The zero-order valence-electron chi connectivity index (χ0n) is 12.7. The van der Waals surface area contributed by atoms with Crippen LogP contribution in [0, 0.1) is 0 Å². The molecule has 0 aliphatic rings. The molecule has 2 aromatic rings. The molecule has 1 N–H and O–H groups in total. The van der Waals surface area contributed by atoms with Crippen LogP contribution in [0.25, 0.3) is 10.9 Å². The molecule has 0 saturated carbocycles. The Hall–Kier alpha value is -1.57. The molecule has 19 heavy (non-hydrogen) atoms. The van der Waals surface area contributed by atoms with E-state index in [9.17, 15) is 0 Å². The first-order valence-electron chi connectivity index (χ1n) is 7.07. The van der Waals surface area contributed by atoms with Crippen molar-refractivity contribution in [3.63, 3.8) is 0 Å². The molecule has 2 heteroatoms. The van der Waals surface area contributed by atoms with Gasteiger partial charge >= 0.3 is 0 Å². The van der Waals surface area contributed by atoms with Crippen LogP contribution in [0.4, 0.5) is 5.82 Å². The number of pyridine rings is 1. The van der Waals surface area contributed by atoms with Gasteiger partial charge in [0.1, 0.15) is 5.82 Å². The molecule has 0 aliphatic carbocycles. The topological polar surface area (TPSA) is 24.9 Å². The predicted octanol–water partition coefficient (Wildman–Crippen LogP) is 4.53. The van der Waals surface area contributed by atoms with Gasteiger partial charge in [0.25, 0.3) is 0 Å². The van der Waals surface area contributed by atoms with Gasteiger partial charge in [-0.25, -0.2) is 4.98 Å². The Morgan fingerprint density at radius 2 is 1.89 bits per heavy atom. The summed E-state index contributed by atoms with van der Waals surface area (Å²) in [5, 5.41) is 4.47. The van der Waals surface area contributed by atoms with E-state index < -0.39 is 0 Å². The highest BCUT2D eigenvalue weighted by Gasteiger charge is 2.19. The third-order valence-corrected chi connectivity index (χ3v) is 3.46. The van der Waals surface area contributed by atoms with E-state index in [2.05, 4.69) is 57.3 Å². The number of nitrogens with one attached hydrogen (secondary N) is 1. The molecular formula is C17H24N2. The summed E-state index contributed by atoms with van der Waals surface area (Å²) in [4.78, 5) is 4.75. The summed E-state index contributed by atoms with van der Waals surface area (Å²) < 4.78 is 0. The highest BCUT2D eigenvalue weighted by Crippen LogP contribution is 2.31. The van der Waals surface area contributed by atoms with Crippen LogP contribution < -0.4 is 5.32 Å². The molecule has 0 amide bonds. The minimum Gasteiger partial charge on any atom is -0.373 e. The number of hydrogen-bond donors (Lipinski definition) is 1. The monoisotopic (exact) mass is 256 g/mol. The van der Waals surface area contributed by atoms with Crippen molar-refractivity contribution in [1.29, 1.82) is 0 Å². The molecule has 2 rings (SSSR count). The maximum absolute atomic E-state index is 4.75. The van der Waals surface area contributed by atoms with Crippen molar-refractivity contribution < 1.29 is 0 Å². The molecule has 0 atom stereocenters. The molecule has 0 fully saturated rings. The summed E-state index contributed by atoms with van der Waals surface area (Å²) >= 11 is 0. The third-order valence-electron chi connectivity index (χ3n) is 3.46. The first kappa shape index (κ1) is 13.9. The van der Waals surface area contributed by atoms with E-state index in [-0.39, 0.29) is 5.41 Å². The molecule has 102 valence electrons. The number of rotatable bonds is 3.